The van der Waals surface area contributed by atoms with Crippen LogP contribution >= 0.6 is 11.3 Å². The number of sulfonamides is 1. The summed E-state index contributed by atoms with van der Waals surface area (Å²) in [5.41, 5.74) is 3.49. The van der Waals surface area contributed by atoms with Gasteiger partial charge >= 0.3 is 0 Å². The lowest BCUT2D eigenvalue weighted by Gasteiger charge is -2.13. The molecule has 3 aromatic rings. The van der Waals surface area contributed by atoms with E-state index in [-0.39, 0.29) is 12.3 Å². The second-order valence-electron chi connectivity index (χ2n) is 7.67. The van der Waals surface area contributed by atoms with Gasteiger partial charge in [0, 0.05) is 29.0 Å². The smallest absolute Gasteiger partial charge is 0.252 e. The quantitative estimate of drug-likeness (QED) is 0.671. The summed E-state index contributed by atoms with van der Waals surface area (Å²) in [5.74, 6) is -0.129. The van der Waals surface area contributed by atoms with Gasteiger partial charge in [-0.15, -0.1) is 11.3 Å². The van der Waals surface area contributed by atoms with Crippen LogP contribution in [0.15, 0.2) is 46.7 Å². The average Bonchev–Trinajstić information content (AvgIpc) is 3.45. The number of carbonyl (C=O) groups excluding carboxylic acids is 1. The molecule has 0 unspecified atom stereocenters. The molecule has 5 nitrogen and oxygen atoms in total. The van der Waals surface area contributed by atoms with Crippen LogP contribution in [0, 0.1) is 0 Å². The van der Waals surface area contributed by atoms with Gasteiger partial charge in [0.05, 0.1) is 6.42 Å². The Morgan fingerprint density at radius 3 is 2.55 bits per heavy atom. The van der Waals surface area contributed by atoms with Crippen molar-refractivity contribution in [2.45, 2.75) is 36.3 Å². The van der Waals surface area contributed by atoms with Gasteiger partial charge in [0.15, 0.2) is 0 Å². The zero-order valence-corrected chi connectivity index (χ0v) is 17.6. The highest BCUT2D eigenvalue weighted by atomic mass is 32.2. The summed E-state index contributed by atoms with van der Waals surface area (Å²) in [6.07, 6.45) is 4.09. The molecule has 150 valence electrons. The van der Waals surface area contributed by atoms with Crippen LogP contribution in [0.1, 0.15) is 28.8 Å². The molecule has 2 heterocycles. The third kappa shape index (κ3) is 3.37. The van der Waals surface area contributed by atoms with Crippen molar-refractivity contribution in [3.8, 4) is 0 Å². The Labute approximate surface area is 174 Å². The number of aryl methyl sites for hydroxylation is 2. The van der Waals surface area contributed by atoms with Crippen LogP contribution in [0.25, 0.3) is 10.8 Å². The molecule has 0 atom stereocenters. The average molecular weight is 427 g/mol. The maximum absolute atomic E-state index is 12.7. The zero-order valence-electron chi connectivity index (χ0n) is 16.0. The SMILES string of the molecule is O=C(Cc1ccc(S(=O)(=O)N2CCCC2)s1)Nc1ccc2c3c(cccc13)CC2. The highest BCUT2D eigenvalue weighted by molar-refractivity contribution is 7.91. The Bertz CT molecular complexity index is 1200. The Morgan fingerprint density at radius 1 is 1.00 bits per heavy atom. The lowest BCUT2D eigenvalue weighted by molar-refractivity contribution is -0.115. The lowest BCUT2D eigenvalue weighted by Crippen LogP contribution is -2.27. The third-order valence-corrected chi connectivity index (χ3v) is 9.23. The molecule has 29 heavy (non-hydrogen) atoms. The highest BCUT2D eigenvalue weighted by Gasteiger charge is 2.28. The minimum atomic E-state index is -3.42. The van der Waals surface area contributed by atoms with E-state index >= 15 is 0 Å². The summed E-state index contributed by atoms with van der Waals surface area (Å²) in [4.78, 5) is 13.4. The Hall–Kier alpha value is -2.22. The summed E-state index contributed by atoms with van der Waals surface area (Å²) >= 11 is 1.19. The molecular weight excluding hydrogens is 404 g/mol. The van der Waals surface area contributed by atoms with Crippen LogP contribution in [0.4, 0.5) is 5.69 Å². The molecule has 1 aliphatic heterocycles. The van der Waals surface area contributed by atoms with Crippen molar-refractivity contribution < 1.29 is 13.2 Å². The molecular formula is C22H22N2O3S2. The lowest BCUT2D eigenvalue weighted by atomic mass is 10.0. The van der Waals surface area contributed by atoms with Crippen LogP contribution in [-0.4, -0.2) is 31.7 Å². The molecule has 1 N–H and O–H groups in total. The van der Waals surface area contributed by atoms with E-state index in [9.17, 15) is 13.2 Å². The first-order valence-corrected chi connectivity index (χ1v) is 12.2. The number of anilines is 1. The van der Waals surface area contributed by atoms with E-state index in [0.29, 0.717) is 17.3 Å². The zero-order chi connectivity index (χ0) is 20.0. The molecule has 1 fully saturated rings. The molecule has 2 aliphatic rings. The fraction of sp³-hybridized carbons (Fsp3) is 0.318. The van der Waals surface area contributed by atoms with Gasteiger partial charge in [-0.1, -0.05) is 24.3 Å². The topological polar surface area (TPSA) is 66.5 Å². The number of rotatable bonds is 5. The highest BCUT2D eigenvalue weighted by Crippen LogP contribution is 2.35. The second kappa shape index (κ2) is 7.23. The Morgan fingerprint density at radius 2 is 1.76 bits per heavy atom. The van der Waals surface area contributed by atoms with Crippen LogP contribution in [0.5, 0.6) is 0 Å². The van der Waals surface area contributed by atoms with E-state index in [4.69, 9.17) is 0 Å². The first-order chi connectivity index (χ1) is 14.0. The maximum atomic E-state index is 12.7. The number of benzene rings is 2. The molecule has 0 bridgehead atoms. The fourth-order valence-corrected chi connectivity index (χ4v) is 7.38. The van der Waals surface area contributed by atoms with Crippen LogP contribution in [-0.2, 0) is 34.1 Å². The van der Waals surface area contributed by atoms with Gasteiger partial charge in [-0.2, -0.15) is 4.31 Å². The number of carbonyl (C=O) groups is 1. The Balaban J connectivity index is 1.34. The first-order valence-electron chi connectivity index (χ1n) is 9.94. The molecule has 0 saturated carbocycles. The molecule has 0 spiro atoms. The summed E-state index contributed by atoms with van der Waals surface area (Å²) in [6.45, 7) is 1.17. The van der Waals surface area contributed by atoms with E-state index in [1.807, 2.05) is 12.1 Å². The number of amides is 1. The molecule has 1 aromatic heterocycles. The number of hydrogen-bond acceptors (Lipinski definition) is 4. The molecule has 1 amide bonds. The number of hydrogen-bond donors (Lipinski definition) is 1. The van der Waals surface area contributed by atoms with E-state index in [1.165, 1.54) is 32.2 Å². The van der Waals surface area contributed by atoms with Gasteiger partial charge < -0.3 is 5.32 Å². The number of thiophene rings is 1. The predicted octanol–water partition coefficient (Wildman–Crippen LogP) is 3.97. The predicted molar refractivity (Wildman–Crippen MR) is 116 cm³/mol. The fourth-order valence-electron chi connectivity index (χ4n) is 4.36. The number of nitrogens with one attached hydrogen (secondary N) is 1. The molecule has 7 heteroatoms. The van der Waals surface area contributed by atoms with E-state index in [0.717, 1.165) is 41.6 Å². The van der Waals surface area contributed by atoms with Gasteiger partial charge in [-0.3, -0.25) is 4.79 Å². The largest absolute Gasteiger partial charge is 0.325 e. The second-order valence-corrected chi connectivity index (χ2v) is 11.0. The molecule has 5 rings (SSSR count). The van der Waals surface area contributed by atoms with E-state index in [1.54, 1.807) is 12.1 Å². The van der Waals surface area contributed by atoms with Gasteiger partial charge in [0.25, 0.3) is 10.0 Å². The molecule has 2 aromatic carbocycles. The standard InChI is InChI=1S/C22H22N2O3S2/c25-20(14-17-9-11-21(28-17)29(26,27)24-12-1-2-13-24)23-19-10-8-16-7-6-15-4-3-5-18(19)22(15)16/h3-5,8-11H,1-2,6-7,12-14H2,(H,23,25). The van der Waals surface area contributed by atoms with Crippen molar-refractivity contribution in [1.82, 2.24) is 4.31 Å². The van der Waals surface area contributed by atoms with Crippen LogP contribution in [0.2, 0.25) is 0 Å². The van der Waals surface area contributed by atoms with Crippen LogP contribution in [0.3, 0.4) is 0 Å². The number of nitrogens with zero attached hydrogens (tertiary/aromatic N) is 1. The van der Waals surface area contributed by atoms with E-state index < -0.39 is 10.0 Å². The Kier molecular flexibility index (Phi) is 4.69. The minimum absolute atomic E-state index is 0.129. The molecule has 1 aliphatic carbocycles. The third-order valence-electron chi connectivity index (χ3n) is 5.78. The monoisotopic (exact) mass is 426 g/mol. The maximum Gasteiger partial charge on any atom is 0.252 e. The first kappa shape index (κ1) is 18.8. The van der Waals surface area contributed by atoms with Crippen LogP contribution < -0.4 is 5.32 Å². The van der Waals surface area contributed by atoms with Crippen molar-refractivity contribution in [1.29, 1.82) is 0 Å². The molecule has 0 radical (unpaired) electrons. The van der Waals surface area contributed by atoms with Gasteiger partial charge in [0.2, 0.25) is 5.91 Å². The summed E-state index contributed by atoms with van der Waals surface area (Å²) in [5, 5.41) is 5.37. The summed E-state index contributed by atoms with van der Waals surface area (Å²) < 4.78 is 27.2. The summed E-state index contributed by atoms with van der Waals surface area (Å²) in [6, 6.07) is 13.7. The summed E-state index contributed by atoms with van der Waals surface area (Å²) in [7, 11) is -3.42. The van der Waals surface area contributed by atoms with Crippen molar-refractivity contribution in [3.63, 3.8) is 0 Å². The van der Waals surface area contributed by atoms with Gasteiger partial charge in [-0.05, 0) is 60.4 Å². The van der Waals surface area contributed by atoms with Crippen molar-refractivity contribution in [3.05, 3.63) is 58.5 Å². The van der Waals surface area contributed by atoms with Gasteiger partial charge in [0.1, 0.15) is 4.21 Å². The van der Waals surface area contributed by atoms with Crippen molar-refractivity contribution in [2.75, 3.05) is 18.4 Å². The van der Waals surface area contributed by atoms with Gasteiger partial charge in [-0.25, -0.2) is 8.42 Å². The van der Waals surface area contributed by atoms with E-state index in [2.05, 4.69) is 23.5 Å². The molecule has 1 saturated heterocycles. The normalized spacial score (nSPS) is 16.6. The van der Waals surface area contributed by atoms with Crippen molar-refractivity contribution >= 4 is 43.7 Å². The van der Waals surface area contributed by atoms with Crippen molar-refractivity contribution in [2.24, 2.45) is 0 Å². The minimum Gasteiger partial charge on any atom is -0.325 e.